The van der Waals surface area contributed by atoms with Crippen molar-refractivity contribution in [3.05, 3.63) is 66.9 Å². The number of hydrogen-bond donors (Lipinski definition) is 0. The fourth-order valence-corrected chi connectivity index (χ4v) is 3.72. The second-order valence-corrected chi connectivity index (χ2v) is 7.59. The number of likely N-dealkylation sites (tertiary alicyclic amines) is 1. The summed E-state index contributed by atoms with van der Waals surface area (Å²) in [6, 6.07) is 19.1. The van der Waals surface area contributed by atoms with Gasteiger partial charge in [0, 0.05) is 18.7 Å². The predicted molar refractivity (Wildman–Crippen MR) is 116 cm³/mol. The Labute approximate surface area is 184 Å². The van der Waals surface area contributed by atoms with Crippen molar-refractivity contribution in [2.75, 3.05) is 19.7 Å². The number of benzene rings is 2. The molecular formula is C23H22N6O3. The van der Waals surface area contributed by atoms with E-state index in [2.05, 4.69) is 20.5 Å². The molecule has 0 N–H and O–H groups in total. The van der Waals surface area contributed by atoms with Crippen molar-refractivity contribution >= 4 is 5.91 Å². The number of carbonyl (C=O) groups is 1. The lowest BCUT2D eigenvalue weighted by Crippen LogP contribution is -2.41. The molecule has 2 aromatic heterocycles. The van der Waals surface area contributed by atoms with E-state index in [1.54, 1.807) is 0 Å². The fourth-order valence-electron chi connectivity index (χ4n) is 3.72. The molecular weight excluding hydrogens is 408 g/mol. The first-order chi connectivity index (χ1) is 15.8. The van der Waals surface area contributed by atoms with Gasteiger partial charge in [0.1, 0.15) is 5.75 Å². The Morgan fingerprint density at radius 1 is 1.03 bits per heavy atom. The number of nitrogens with zero attached hydrogens (tertiary/aromatic N) is 6. The van der Waals surface area contributed by atoms with Gasteiger partial charge in [-0.25, -0.2) is 4.68 Å². The minimum Gasteiger partial charge on any atom is -0.484 e. The van der Waals surface area contributed by atoms with Crippen molar-refractivity contribution in [3.63, 3.8) is 0 Å². The molecule has 2 aromatic carbocycles. The molecule has 0 unspecified atom stereocenters. The smallest absolute Gasteiger partial charge is 0.280 e. The van der Waals surface area contributed by atoms with Crippen LogP contribution in [-0.2, 0) is 4.79 Å². The molecule has 0 atom stereocenters. The monoisotopic (exact) mass is 430 g/mol. The molecule has 0 spiro atoms. The Morgan fingerprint density at radius 3 is 2.50 bits per heavy atom. The third kappa shape index (κ3) is 4.36. The van der Waals surface area contributed by atoms with E-state index in [0.29, 0.717) is 36.2 Å². The Kier molecular flexibility index (Phi) is 5.61. The molecule has 5 rings (SSSR count). The van der Waals surface area contributed by atoms with E-state index < -0.39 is 0 Å². The van der Waals surface area contributed by atoms with Crippen molar-refractivity contribution in [1.29, 1.82) is 0 Å². The van der Waals surface area contributed by atoms with Crippen LogP contribution in [0.1, 0.15) is 18.9 Å². The number of carbonyl (C=O) groups excluding carboxylic acids is 1. The van der Waals surface area contributed by atoms with Crippen LogP contribution in [0.2, 0.25) is 0 Å². The van der Waals surface area contributed by atoms with E-state index >= 15 is 0 Å². The van der Waals surface area contributed by atoms with E-state index in [1.807, 2.05) is 76.4 Å². The summed E-state index contributed by atoms with van der Waals surface area (Å²) < 4.78 is 12.8. The standard InChI is InChI=1S/C23H22N6O3/c30-21(16-31-19-9-5-2-6-10-19)28-13-11-18(12-14-28)29-15-20(25-27-29)23-24-22(26-32-23)17-7-3-1-4-8-17/h1-10,15,18H,11-14,16H2. The third-order valence-electron chi connectivity index (χ3n) is 5.48. The molecule has 3 heterocycles. The summed E-state index contributed by atoms with van der Waals surface area (Å²) in [5.74, 6) is 1.54. The van der Waals surface area contributed by atoms with E-state index in [1.165, 1.54) is 0 Å². The van der Waals surface area contributed by atoms with Gasteiger partial charge < -0.3 is 14.2 Å². The molecule has 0 radical (unpaired) electrons. The summed E-state index contributed by atoms with van der Waals surface area (Å²) in [4.78, 5) is 18.7. The zero-order valence-corrected chi connectivity index (χ0v) is 17.4. The molecule has 4 aromatic rings. The topological polar surface area (TPSA) is 99.2 Å². The zero-order valence-electron chi connectivity index (χ0n) is 17.4. The molecule has 1 aliphatic rings. The van der Waals surface area contributed by atoms with Crippen molar-refractivity contribution < 1.29 is 14.1 Å². The quantitative estimate of drug-likeness (QED) is 0.463. The van der Waals surface area contributed by atoms with Crippen LogP contribution in [0.15, 0.2) is 71.4 Å². The average Bonchev–Trinajstić information content (AvgIpc) is 3.54. The summed E-state index contributed by atoms with van der Waals surface area (Å²) in [5, 5.41) is 12.5. The Hall–Kier alpha value is -4.01. The summed E-state index contributed by atoms with van der Waals surface area (Å²) in [5.41, 5.74) is 1.41. The van der Waals surface area contributed by atoms with Gasteiger partial charge in [-0.2, -0.15) is 4.98 Å². The van der Waals surface area contributed by atoms with E-state index in [0.717, 1.165) is 18.4 Å². The summed E-state index contributed by atoms with van der Waals surface area (Å²) >= 11 is 0. The second-order valence-electron chi connectivity index (χ2n) is 7.59. The van der Waals surface area contributed by atoms with E-state index in [4.69, 9.17) is 9.26 Å². The normalized spacial score (nSPS) is 14.4. The second kappa shape index (κ2) is 9.01. The lowest BCUT2D eigenvalue weighted by atomic mass is 10.1. The van der Waals surface area contributed by atoms with Crippen LogP contribution in [0.4, 0.5) is 0 Å². The summed E-state index contributed by atoms with van der Waals surface area (Å²) in [6.07, 6.45) is 3.40. The van der Waals surface area contributed by atoms with Gasteiger partial charge in [-0.15, -0.1) is 5.10 Å². The molecule has 1 amide bonds. The van der Waals surface area contributed by atoms with E-state index in [-0.39, 0.29) is 18.6 Å². The van der Waals surface area contributed by atoms with Gasteiger partial charge in [0.25, 0.3) is 11.8 Å². The molecule has 1 aliphatic heterocycles. The molecule has 162 valence electrons. The summed E-state index contributed by atoms with van der Waals surface area (Å²) in [7, 11) is 0. The van der Waals surface area contributed by atoms with Crippen LogP contribution in [0.3, 0.4) is 0 Å². The largest absolute Gasteiger partial charge is 0.484 e. The molecule has 32 heavy (non-hydrogen) atoms. The maximum absolute atomic E-state index is 12.5. The third-order valence-corrected chi connectivity index (χ3v) is 5.48. The zero-order chi connectivity index (χ0) is 21.8. The van der Waals surface area contributed by atoms with Gasteiger partial charge in [-0.3, -0.25) is 4.79 Å². The van der Waals surface area contributed by atoms with Crippen molar-refractivity contribution in [2.24, 2.45) is 0 Å². The first-order valence-corrected chi connectivity index (χ1v) is 10.5. The molecule has 0 bridgehead atoms. The lowest BCUT2D eigenvalue weighted by Gasteiger charge is -2.31. The predicted octanol–water partition coefficient (Wildman–Crippen LogP) is 3.24. The van der Waals surface area contributed by atoms with E-state index in [9.17, 15) is 4.79 Å². The minimum absolute atomic E-state index is 0.00844. The Morgan fingerprint density at radius 2 is 1.75 bits per heavy atom. The SMILES string of the molecule is O=C(COc1ccccc1)N1CCC(n2cc(-c3nc(-c4ccccc4)no3)nn2)CC1. The average molecular weight is 430 g/mol. The first kappa shape index (κ1) is 19.9. The number of aromatic nitrogens is 5. The highest BCUT2D eigenvalue weighted by Gasteiger charge is 2.25. The molecule has 0 saturated carbocycles. The van der Waals surface area contributed by atoms with Crippen LogP contribution >= 0.6 is 0 Å². The number of ether oxygens (including phenoxy) is 1. The lowest BCUT2D eigenvalue weighted by molar-refractivity contribution is -0.134. The summed E-state index contributed by atoms with van der Waals surface area (Å²) in [6.45, 7) is 1.34. The first-order valence-electron chi connectivity index (χ1n) is 10.5. The molecule has 9 nitrogen and oxygen atoms in total. The van der Waals surface area contributed by atoms with Crippen LogP contribution in [-0.4, -0.2) is 55.6 Å². The van der Waals surface area contributed by atoms with Crippen LogP contribution < -0.4 is 4.74 Å². The maximum Gasteiger partial charge on any atom is 0.280 e. The van der Waals surface area contributed by atoms with Gasteiger partial charge >= 0.3 is 0 Å². The highest BCUT2D eigenvalue weighted by Crippen LogP contribution is 2.25. The van der Waals surface area contributed by atoms with Crippen molar-refractivity contribution in [3.8, 4) is 28.7 Å². The fraction of sp³-hybridized carbons (Fsp3) is 0.261. The number of hydrogen-bond acceptors (Lipinski definition) is 7. The van der Waals surface area contributed by atoms with Crippen molar-refractivity contribution in [1.82, 2.24) is 30.0 Å². The van der Waals surface area contributed by atoms with Crippen molar-refractivity contribution in [2.45, 2.75) is 18.9 Å². The van der Waals surface area contributed by atoms with Gasteiger partial charge in [-0.05, 0) is 25.0 Å². The highest BCUT2D eigenvalue weighted by molar-refractivity contribution is 5.77. The maximum atomic E-state index is 12.5. The van der Waals surface area contributed by atoms with Gasteiger partial charge in [0.15, 0.2) is 12.3 Å². The Bertz CT molecular complexity index is 1170. The minimum atomic E-state index is -0.00844. The van der Waals surface area contributed by atoms with Crippen LogP contribution in [0, 0.1) is 0 Å². The highest BCUT2D eigenvalue weighted by atomic mass is 16.5. The number of rotatable bonds is 6. The molecule has 1 saturated heterocycles. The van der Waals surface area contributed by atoms with Gasteiger partial charge in [0.2, 0.25) is 5.82 Å². The number of piperidine rings is 1. The molecule has 1 fully saturated rings. The molecule has 9 heteroatoms. The number of para-hydroxylation sites is 1. The van der Waals surface area contributed by atoms with Gasteiger partial charge in [0.05, 0.1) is 12.2 Å². The molecule has 0 aliphatic carbocycles. The van der Waals surface area contributed by atoms with Crippen LogP contribution in [0.5, 0.6) is 5.75 Å². The number of amides is 1. The van der Waals surface area contributed by atoms with Gasteiger partial charge in [-0.1, -0.05) is 58.9 Å². The Balaban J connectivity index is 1.17. The van der Waals surface area contributed by atoms with Crippen LogP contribution in [0.25, 0.3) is 23.0 Å².